The van der Waals surface area contributed by atoms with E-state index in [-0.39, 0.29) is 17.6 Å². The highest BCUT2D eigenvalue weighted by molar-refractivity contribution is 5.97. The van der Waals surface area contributed by atoms with E-state index >= 15 is 0 Å². The Morgan fingerprint density at radius 2 is 2.29 bits per heavy atom. The average molecular weight is 240 g/mol. The number of aromatic nitrogens is 2. The zero-order chi connectivity index (χ0) is 13.0. The smallest absolute Gasteiger partial charge is 0.274 e. The van der Waals surface area contributed by atoms with E-state index in [4.69, 9.17) is 5.73 Å². The summed E-state index contributed by atoms with van der Waals surface area (Å²) in [6.45, 7) is 6.10. The van der Waals surface area contributed by atoms with Crippen LogP contribution in [-0.2, 0) is 6.54 Å². The molecule has 2 atom stereocenters. The lowest BCUT2D eigenvalue weighted by Gasteiger charge is -2.14. The second kappa shape index (κ2) is 5.67. The van der Waals surface area contributed by atoms with Gasteiger partial charge < -0.3 is 16.2 Å². The number of nitrogen functional groups attached to an aromatic ring is 1. The van der Waals surface area contributed by atoms with Gasteiger partial charge in [0.1, 0.15) is 0 Å². The molecule has 1 aromatic rings. The highest BCUT2D eigenvalue weighted by Crippen LogP contribution is 2.09. The molecule has 0 aliphatic heterocycles. The van der Waals surface area contributed by atoms with E-state index in [0.717, 1.165) is 0 Å². The van der Waals surface area contributed by atoms with Gasteiger partial charge >= 0.3 is 0 Å². The predicted octanol–water partition coefficient (Wildman–Crippen LogP) is 0.374. The molecule has 0 spiro atoms. The maximum atomic E-state index is 11.8. The van der Waals surface area contributed by atoms with Crippen LogP contribution in [0.15, 0.2) is 6.20 Å². The van der Waals surface area contributed by atoms with Crippen molar-refractivity contribution in [2.24, 2.45) is 0 Å². The summed E-state index contributed by atoms with van der Waals surface area (Å²) in [6, 6.07) is -0.117. The van der Waals surface area contributed by atoms with E-state index in [1.54, 1.807) is 17.8 Å². The zero-order valence-electron chi connectivity index (χ0n) is 10.5. The minimum absolute atomic E-state index is 0.117. The summed E-state index contributed by atoms with van der Waals surface area (Å²) < 4.78 is 1.61. The molecule has 17 heavy (non-hydrogen) atoms. The van der Waals surface area contributed by atoms with Crippen LogP contribution in [0.4, 0.5) is 5.69 Å². The lowest BCUT2D eigenvalue weighted by Crippen LogP contribution is -2.35. The molecule has 0 aromatic carbocycles. The number of amides is 1. The molecule has 1 heterocycles. The van der Waals surface area contributed by atoms with E-state index in [1.807, 2.05) is 13.8 Å². The summed E-state index contributed by atoms with van der Waals surface area (Å²) in [7, 11) is 0. The molecule has 0 radical (unpaired) electrons. The summed E-state index contributed by atoms with van der Waals surface area (Å²) in [5.41, 5.74) is 6.31. The number of nitrogens with two attached hydrogens (primary N) is 1. The molecule has 0 saturated heterocycles. The fourth-order valence-corrected chi connectivity index (χ4v) is 1.64. The van der Waals surface area contributed by atoms with Crippen molar-refractivity contribution >= 4 is 11.6 Å². The number of aryl methyl sites for hydroxylation is 1. The third-order valence-corrected chi connectivity index (χ3v) is 2.40. The van der Waals surface area contributed by atoms with Crippen LogP contribution < -0.4 is 11.1 Å². The maximum Gasteiger partial charge on any atom is 0.274 e. The molecule has 1 rings (SSSR count). The van der Waals surface area contributed by atoms with Crippen LogP contribution in [0.3, 0.4) is 0 Å². The molecule has 6 nitrogen and oxygen atoms in total. The third-order valence-electron chi connectivity index (χ3n) is 2.40. The van der Waals surface area contributed by atoms with Crippen LogP contribution in [0, 0.1) is 0 Å². The Bertz CT molecular complexity index is 387. The van der Waals surface area contributed by atoms with Crippen LogP contribution in [0.25, 0.3) is 0 Å². The van der Waals surface area contributed by atoms with Gasteiger partial charge in [0.05, 0.1) is 11.8 Å². The number of nitrogens with one attached hydrogen (secondary N) is 1. The number of carbonyl (C=O) groups is 1. The number of hydrogen-bond donors (Lipinski definition) is 3. The number of carbonyl (C=O) groups excluding carboxylic acids is 1. The van der Waals surface area contributed by atoms with Crippen molar-refractivity contribution in [1.82, 2.24) is 15.1 Å². The third kappa shape index (κ3) is 3.74. The van der Waals surface area contributed by atoms with Crippen molar-refractivity contribution in [3.63, 3.8) is 0 Å². The second-order valence-electron chi connectivity index (χ2n) is 4.25. The van der Waals surface area contributed by atoms with E-state index in [0.29, 0.717) is 18.7 Å². The fraction of sp³-hybridized carbons (Fsp3) is 0.636. The lowest BCUT2D eigenvalue weighted by molar-refractivity contribution is 0.0918. The fourth-order valence-electron chi connectivity index (χ4n) is 1.64. The molecule has 96 valence electrons. The summed E-state index contributed by atoms with van der Waals surface area (Å²) in [5, 5.41) is 16.0. The summed E-state index contributed by atoms with van der Waals surface area (Å²) in [5.74, 6) is -0.303. The quantitative estimate of drug-likeness (QED) is 0.693. The van der Waals surface area contributed by atoms with Gasteiger partial charge in [0, 0.05) is 18.8 Å². The first-order valence-corrected chi connectivity index (χ1v) is 5.75. The van der Waals surface area contributed by atoms with Crippen LogP contribution in [0.2, 0.25) is 0 Å². The number of aliphatic hydroxyl groups excluding tert-OH is 1. The van der Waals surface area contributed by atoms with Gasteiger partial charge in [-0.2, -0.15) is 5.10 Å². The van der Waals surface area contributed by atoms with Crippen molar-refractivity contribution in [3.8, 4) is 0 Å². The molecule has 1 amide bonds. The van der Waals surface area contributed by atoms with Crippen LogP contribution in [0.1, 0.15) is 37.7 Å². The van der Waals surface area contributed by atoms with Crippen molar-refractivity contribution in [2.45, 2.75) is 45.9 Å². The van der Waals surface area contributed by atoms with Crippen molar-refractivity contribution < 1.29 is 9.90 Å². The normalized spacial score (nSPS) is 14.4. The maximum absolute atomic E-state index is 11.8. The van der Waals surface area contributed by atoms with Gasteiger partial charge in [-0.3, -0.25) is 9.48 Å². The number of anilines is 1. The van der Waals surface area contributed by atoms with Gasteiger partial charge in [-0.1, -0.05) is 0 Å². The SMILES string of the molecule is CCn1cc(N)c(C(=O)NC(C)CC(C)O)n1. The lowest BCUT2D eigenvalue weighted by atomic mass is 10.1. The molecular weight excluding hydrogens is 220 g/mol. The first-order valence-electron chi connectivity index (χ1n) is 5.75. The van der Waals surface area contributed by atoms with Crippen molar-refractivity contribution in [3.05, 3.63) is 11.9 Å². The van der Waals surface area contributed by atoms with Crippen LogP contribution in [-0.4, -0.2) is 32.9 Å². The summed E-state index contributed by atoms with van der Waals surface area (Å²) in [6.07, 6.45) is 1.69. The number of rotatable bonds is 5. The number of hydrogen-bond acceptors (Lipinski definition) is 4. The Balaban J connectivity index is 2.66. The molecule has 2 unspecified atom stereocenters. The second-order valence-corrected chi connectivity index (χ2v) is 4.25. The molecule has 4 N–H and O–H groups in total. The zero-order valence-corrected chi connectivity index (χ0v) is 10.5. The number of aliphatic hydroxyl groups is 1. The van der Waals surface area contributed by atoms with Crippen molar-refractivity contribution in [1.29, 1.82) is 0 Å². The molecule has 0 fully saturated rings. The van der Waals surface area contributed by atoms with E-state index in [9.17, 15) is 9.90 Å². The van der Waals surface area contributed by atoms with E-state index in [1.165, 1.54) is 0 Å². The summed E-state index contributed by atoms with van der Waals surface area (Å²) in [4.78, 5) is 11.8. The van der Waals surface area contributed by atoms with Gasteiger partial charge in [0.15, 0.2) is 5.69 Å². The largest absolute Gasteiger partial charge is 0.396 e. The van der Waals surface area contributed by atoms with Gasteiger partial charge in [0.2, 0.25) is 0 Å². The summed E-state index contributed by atoms with van der Waals surface area (Å²) >= 11 is 0. The topological polar surface area (TPSA) is 93.2 Å². The highest BCUT2D eigenvalue weighted by atomic mass is 16.3. The average Bonchev–Trinajstić information content (AvgIpc) is 2.58. The Hall–Kier alpha value is -1.56. The molecule has 1 aromatic heterocycles. The van der Waals surface area contributed by atoms with Gasteiger partial charge in [-0.05, 0) is 27.2 Å². The van der Waals surface area contributed by atoms with Crippen LogP contribution in [0.5, 0.6) is 0 Å². The monoisotopic (exact) mass is 240 g/mol. The van der Waals surface area contributed by atoms with Crippen molar-refractivity contribution in [2.75, 3.05) is 5.73 Å². The Morgan fingerprint density at radius 3 is 2.76 bits per heavy atom. The minimum atomic E-state index is -0.448. The van der Waals surface area contributed by atoms with Gasteiger partial charge in [0.25, 0.3) is 5.91 Å². The molecule has 0 aliphatic rings. The van der Waals surface area contributed by atoms with Gasteiger partial charge in [-0.25, -0.2) is 0 Å². The Labute approximate surface area is 101 Å². The first-order chi connectivity index (χ1) is 7.93. The molecule has 6 heteroatoms. The molecule has 0 bridgehead atoms. The Morgan fingerprint density at radius 1 is 1.65 bits per heavy atom. The van der Waals surface area contributed by atoms with Gasteiger partial charge in [-0.15, -0.1) is 0 Å². The molecule has 0 aliphatic carbocycles. The predicted molar refractivity (Wildman–Crippen MR) is 65.5 cm³/mol. The molecular formula is C11H20N4O2. The Kier molecular flexibility index (Phi) is 4.51. The van der Waals surface area contributed by atoms with E-state index < -0.39 is 6.10 Å². The molecule has 0 saturated carbocycles. The minimum Gasteiger partial charge on any atom is -0.396 e. The standard InChI is InChI=1S/C11H20N4O2/c1-4-15-6-9(12)10(14-15)11(17)13-7(2)5-8(3)16/h6-8,16H,4-5,12H2,1-3H3,(H,13,17). The highest BCUT2D eigenvalue weighted by Gasteiger charge is 2.17. The first kappa shape index (κ1) is 13.5. The number of nitrogens with zero attached hydrogens (tertiary/aromatic N) is 2. The van der Waals surface area contributed by atoms with E-state index in [2.05, 4.69) is 10.4 Å². The van der Waals surface area contributed by atoms with Crippen LogP contribution >= 0.6 is 0 Å².